The lowest BCUT2D eigenvalue weighted by Crippen LogP contribution is -2.30. The molecule has 19 heavy (non-hydrogen) atoms. The third-order valence-corrected chi connectivity index (χ3v) is 3.87. The lowest BCUT2D eigenvalue weighted by molar-refractivity contribution is 0.0945. The lowest BCUT2D eigenvalue weighted by Gasteiger charge is -2.16. The standard InChI is InChI=1S/C16H24BrNO/c1-3-7-13(10-11-17)12-18-16(19)15-9-6-5-8-14(15)4-2/h5-6,8-9,13H,3-4,7,10-12H2,1-2H3,(H,18,19). The van der Waals surface area contributed by atoms with Gasteiger partial charge in [-0.15, -0.1) is 0 Å². The molecule has 1 N–H and O–H groups in total. The zero-order valence-electron chi connectivity index (χ0n) is 11.9. The predicted octanol–water partition coefficient (Wildman–Crippen LogP) is 4.18. The van der Waals surface area contributed by atoms with Crippen molar-refractivity contribution >= 4 is 21.8 Å². The van der Waals surface area contributed by atoms with Crippen LogP contribution in [0.15, 0.2) is 24.3 Å². The number of benzene rings is 1. The van der Waals surface area contributed by atoms with Gasteiger partial charge in [0.15, 0.2) is 0 Å². The van der Waals surface area contributed by atoms with E-state index in [0.717, 1.165) is 35.8 Å². The molecule has 0 bridgehead atoms. The lowest BCUT2D eigenvalue weighted by atomic mass is 10.00. The van der Waals surface area contributed by atoms with E-state index in [2.05, 4.69) is 35.1 Å². The van der Waals surface area contributed by atoms with Crippen LogP contribution in [-0.2, 0) is 6.42 Å². The molecule has 0 aromatic heterocycles. The molecule has 1 unspecified atom stereocenters. The number of rotatable bonds is 8. The van der Waals surface area contributed by atoms with Crippen LogP contribution in [0.4, 0.5) is 0 Å². The Bertz CT molecular complexity index is 386. The molecule has 1 aromatic carbocycles. The molecule has 0 fully saturated rings. The number of hydrogen-bond acceptors (Lipinski definition) is 1. The zero-order valence-corrected chi connectivity index (χ0v) is 13.5. The first-order valence-electron chi connectivity index (χ1n) is 7.14. The van der Waals surface area contributed by atoms with Gasteiger partial charge in [-0.25, -0.2) is 0 Å². The molecule has 0 radical (unpaired) electrons. The van der Waals surface area contributed by atoms with Crippen LogP contribution in [-0.4, -0.2) is 17.8 Å². The Morgan fingerprint density at radius 1 is 1.26 bits per heavy atom. The van der Waals surface area contributed by atoms with Crippen molar-refractivity contribution in [1.29, 1.82) is 0 Å². The fourth-order valence-electron chi connectivity index (χ4n) is 2.29. The van der Waals surface area contributed by atoms with Crippen molar-refractivity contribution in [2.45, 2.75) is 39.5 Å². The first-order valence-corrected chi connectivity index (χ1v) is 8.27. The SMILES string of the molecule is CCCC(CCBr)CNC(=O)c1ccccc1CC. The summed E-state index contributed by atoms with van der Waals surface area (Å²) in [7, 11) is 0. The summed E-state index contributed by atoms with van der Waals surface area (Å²) in [6, 6.07) is 7.85. The molecular formula is C16H24BrNO. The van der Waals surface area contributed by atoms with E-state index in [0.29, 0.717) is 5.92 Å². The van der Waals surface area contributed by atoms with Crippen molar-refractivity contribution in [3.63, 3.8) is 0 Å². The quantitative estimate of drug-likeness (QED) is 0.714. The van der Waals surface area contributed by atoms with Crippen LogP contribution in [0.5, 0.6) is 0 Å². The third-order valence-electron chi connectivity index (χ3n) is 3.41. The number of hydrogen-bond donors (Lipinski definition) is 1. The highest BCUT2D eigenvalue weighted by atomic mass is 79.9. The van der Waals surface area contributed by atoms with Gasteiger partial charge in [0.1, 0.15) is 0 Å². The maximum Gasteiger partial charge on any atom is 0.251 e. The number of amides is 1. The van der Waals surface area contributed by atoms with Gasteiger partial charge < -0.3 is 5.32 Å². The Morgan fingerprint density at radius 2 is 2.00 bits per heavy atom. The van der Waals surface area contributed by atoms with Crippen molar-refractivity contribution in [3.8, 4) is 0 Å². The van der Waals surface area contributed by atoms with Crippen LogP contribution >= 0.6 is 15.9 Å². The molecule has 0 aliphatic rings. The summed E-state index contributed by atoms with van der Waals surface area (Å²) in [4.78, 5) is 12.2. The van der Waals surface area contributed by atoms with E-state index in [9.17, 15) is 4.79 Å². The van der Waals surface area contributed by atoms with Crippen LogP contribution in [0, 0.1) is 5.92 Å². The molecule has 3 heteroatoms. The van der Waals surface area contributed by atoms with E-state index in [1.807, 2.05) is 24.3 Å². The predicted molar refractivity (Wildman–Crippen MR) is 85.0 cm³/mol. The van der Waals surface area contributed by atoms with Gasteiger partial charge in [-0.3, -0.25) is 4.79 Å². The normalized spacial score (nSPS) is 12.2. The number of alkyl halides is 1. The average Bonchev–Trinajstić information content (AvgIpc) is 2.44. The number of aryl methyl sites for hydroxylation is 1. The van der Waals surface area contributed by atoms with Gasteiger partial charge in [0.25, 0.3) is 5.91 Å². The van der Waals surface area contributed by atoms with E-state index >= 15 is 0 Å². The van der Waals surface area contributed by atoms with Gasteiger partial charge in [0.2, 0.25) is 0 Å². The Hall–Kier alpha value is -0.830. The van der Waals surface area contributed by atoms with Gasteiger partial charge in [-0.2, -0.15) is 0 Å². The topological polar surface area (TPSA) is 29.1 Å². The van der Waals surface area contributed by atoms with Crippen molar-refractivity contribution in [2.24, 2.45) is 5.92 Å². The summed E-state index contributed by atoms with van der Waals surface area (Å²) in [5, 5.41) is 4.08. The van der Waals surface area contributed by atoms with E-state index in [4.69, 9.17) is 0 Å². The molecule has 0 aliphatic carbocycles. The molecule has 0 aliphatic heterocycles. The minimum atomic E-state index is 0.0631. The van der Waals surface area contributed by atoms with Crippen molar-refractivity contribution in [1.82, 2.24) is 5.32 Å². The van der Waals surface area contributed by atoms with Crippen LogP contribution in [0.3, 0.4) is 0 Å². The number of halogens is 1. The molecule has 0 saturated heterocycles. The van der Waals surface area contributed by atoms with Gasteiger partial charge in [-0.1, -0.05) is 54.4 Å². The minimum absolute atomic E-state index is 0.0631. The molecular weight excluding hydrogens is 302 g/mol. The molecule has 2 nitrogen and oxygen atoms in total. The Labute approximate surface area is 125 Å². The van der Waals surface area contributed by atoms with Crippen molar-refractivity contribution in [3.05, 3.63) is 35.4 Å². The third kappa shape index (κ3) is 5.35. The highest BCUT2D eigenvalue weighted by Gasteiger charge is 2.12. The first kappa shape index (κ1) is 16.2. The average molecular weight is 326 g/mol. The smallest absolute Gasteiger partial charge is 0.251 e. The Kier molecular flexibility index (Phi) is 7.80. The maximum absolute atomic E-state index is 12.2. The highest BCUT2D eigenvalue weighted by Crippen LogP contribution is 2.13. The van der Waals surface area contributed by atoms with E-state index in [-0.39, 0.29) is 5.91 Å². The van der Waals surface area contributed by atoms with Crippen LogP contribution in [0.25, 0.3) is 0 Å². The summed E-state index contributed by atoms with van der Waals surface area (Å²) in [6.45, 7) is 5.04. The zero-order chi connectivity index (χ0) is 14.1. The minimum Gasteiger partial charge on any atom is -0.352 e. The van der Waals surface area contributed by atoms with E-state index in [1.165, 1.54) is 12.8 Å². The summed E-state index contributed by atoms with van der Waals surface area (Å²) >= 11 is 3.48. The van der Waals surface area contributed by atoms with Crippen LogP contribution in [0.2, 0.25) is 0 Å². The van der Waals surface area contributed by atoms with E-state index < -0.39 is 0 Å². The summed E-state index contributed by atoms with van der Waals surface area (Å²) in [5.74, 6) is 0.634. The number of nitrogens with one attached hydrogen (secondary N) is 1. The van der Waals surface area contributed by atoms with Crippen molar-refractivity contribution < 1.29 is 4.79 Å². The Balaban J connectivity index is 2.58. The Morgan fingerprint density at radius 3 is 2.63 bits per heavy atom. The van der Waals surface area contributed by atoms with E-state index in [1.54, 1.807) is 0 Å². The maximum atomic E-state index is 12.2. The van der Waals surface area contributed by atoms with Gasteiger partial charge >= 0.3 is 0 Å². The second-order valence-electron chi connectivity index (χ2n) is 4.85. The fraction of sp³-hybridized carbons (Fsp3) is 0.562. The fourth-order valence-corrected chi connectivity index (χ4v) is 2.94. The molecule has 0 saturated carbocycles. The summed E-state index contributed by atoms with van der Waals surface area (Å²) in [5.41, 5.74) is 1.94. The second-order valence-corrected chi connectivity index (χ2v) is 5.65. The highest BCUT2D eigenvalue weighted by molar-refractivity contribution is 9.09. The molecule has 1 atom stereocenters. The van der Waals surface area contributed by atoms with Crippen LogP contribution < -0.4 is 5.32 Å². The molecule has 106 valence electrons. The summed E-state index contributed by atoms with van der Waals surface area (Å²) < 4.78 is 0. The molecule has 0 spiro atoms. The number of carbonyl (C=O) groups excluding carboxylic acids is 1. The van der Waals surface area contributed by atoms with Gasteiger partial charge in [0, 0.05) is 17.4 Å². The second kappa shape index (κ2) is 9.13. The number of carbonyl (C=O) groups is 1. The monoisotopic (exact) mass is 325 g/mol. The first-order chi connectivity index (χ1) is 9.22. The summed E-state index contributed by atoms with van der Waals surface area (Å²) in [6.07, 6.45) is 4.34. The molecule has 0 heterocycles. The molecule has 1 amide bonds. The van der Waals surface area contributed by atoms with Crippen molar-refractivity contribution in [2.75, 3.05) is 11.9 Å². The largest absolute Gasteiger partial charge is 0.352 e. The van der Waals surface area contributed by atoms with Gasteiger partial charge in [0.05, 0.1) is 0 Å². The molecule has 1 aromatic rings. The van der Waals surface area contributed by atoms with Gasteiger partial charge in [-0.05, 0) is 36.8 Å². The molecule has 1 rings (SSSR count). The van der Waals surface area contributed by atoms with Crippen LogP contribution in [0.1, 0.15) is 49.0 Å².